The number of sulfonamides is 1. The van der Waals surface area contributed by atoms with Crippen LogP contribution in [0.25, 0.3) is 0 Å². The van der Waals surface area contributed by atoms with E-state index in [4.69, 9.17) is 4.52 Å². The summed E-state index contributed by atoms with van der Waals surface area (Å²) in [5.41, 5.74) is 1.47. The van der Waals surface area contributed by atoms with E-state index in [9.17, 15) is 13.2 Å². The highest BCUT2D eigenvalue weighted by molar-refractivity contribution is 7.93. The maximum atomic E-state index is 12.7. The quantitative estimate of drug-likeness (QED) is 0.542. The molecule has 0 unspecified atom stereocenters. The Morgan fingerprint density at radius 3 is 2.61 bits per heavy atom. The highest BCUT2D eigenvalue weighted by atomic mass is 32.2. The second-order valence-corrected chi connectivity index (χ2v) is 8.75. The molecule has 0 aliphatic carbocycles. The van der Waals surface area contributed by atoms with Crippen LogP contribution in [0.2, 0.25) is 0 Å². The van der Waals surface area contributed by atoms with Gasteiger partial charge in [-0.15, -0.1) is 11.3 Å². The molecule has 2 heterocycles. The van der Waals surface area contributed by atoms with E-state index >= 15 is 0 Å². The Hall–Kier alpha value is -2.72. The van der Waals surface area contributed by atoms with Gasteiger partial charge in [0.1, 0.15) is 9.77 Å². The molecule has 0 atom stereocenters. The first-order chi connectivity index (χ1) is 13.3. The molecule has 1 aromatic carbocycles. The summed E-state index contributed by atoms with van der Waals surface area (Å²) in [4.78, 5) is 16.6. The van der Waals surface area contributed by atoms with Gasteiger partial charge in [-0.25, -0.2) is 8.42 Å². The third kappa shape index (κ3) is 4.96. The van der Waals surface area contributed by atoms with E-state index in [1.165, 1.54) is 6.07 Å². The lowest BCUT2D eigenvalue weighted by Crippen LogP contribution is -2.26. The number of carbonyl (C=O) groups excluding carboxylic acids is 1. The molecule has 0 aliphatic rings. The van der Waals surface area contributed by atoms with E-state index in [2.05, 4.69) is 20.2 Å². The molecule has 0 aliphatic heterocycles. The standard InChI is InChI=1S/C18H20N4O4S2/c1-12-5-7-14(8-6-12)22-28(24,25)15-9-11-27-17(15)18(23)19-10-3-4-16-20-13(2)21-26-16/h5-9,11,22H,3-4,10H2,1-2H3,(H,19,23). The fourth-order valence-electron chi connectivity index (χ4n) is 2.47. The van der Waals surface area contributed by atoms with Crippen LogP contribution in [-0.2, 0) is 16.4 Å². The molecule has 3 aromatic rings. The first-order valence-corrected chi connectivity index (χ1v) is 11.0. The fourth-order valence-corrected chi connectivity index (χ4v) is 4.87. The van der Waals surface area contributed by atoms with Crippen molar-refractivity contribution in [2.45, 2.75) is 31.6 Å². The average Bonchev–Trinajstić information content (AvgIpc) is 3.30. The van der Waals surface area contributed by atoms with Crippen LogP contribution in [0.4, 0.5) is 5.69 Å². The zero-order valence-electron chi connectivity index (χ0n) is 15.4. The topological polar surface area (TPSA) is 114 Å². The van der Waals surface area contributed by atoms with E-state index in [1.807, 2.05) is 19.1 Å². The number of carbonyl (C=O) groups is 1. The number of rotatable bonds is 8. The van der Waals surface area contributed by atoms with Crippen molar-refractivity contribution in [1.29, 1.82) is 0 Å². The van der Waals surface area contributed by atoms with E-state index in [1.54, 1.807) is 24.4 Å². The van der Waals surface area contributed by atoms with Crippen molar-refractivity contribution in [1.82, 2.24) is 15.5 Å². The third-order valence-corrected chi connectivity index (χ3v) is 6.32. The van der Waals surface area contributed by atoms with Gasteiger partial charge in [-0.1, -0.05) is 22.9 Å². The van der Waals surface area contributed by atoms with Gasteiger partial charge in [0.25, 0.3) is 15.9 Å². The largest absolute Gasteiger partial charge is 0.351 e. The number of aromatic nitrogens is 2. The number of thiophene rings is 1. The van der Waals surface area contributed by atoms with Gasteiger partial charge >= 0.3 is 0 Å². The minimum Gasteiger partial charge on any atom is -0.351 e. The average molecular weight is 421 g/mol. The van der Waals surface area contributed by atoms with Crippen molar-refractivity contribution in [3.63, 3.8) is 0 Å². The van der Waals surface area contributed by atoms with Crippen molar-refractivity contribution >= 4 is 33.0 Å². The zero-order valence-corrected chi connectivity index (χ0v) is 17.1. The highest BCUT2D eigenvalue weighted by Crippen LogP contribution is 2.24. The maximum Gasteiger partial charge on any atom is 0.263 e. The summed E-state index contributed by atoms with van der Waals surface area (Å²) in [7, 11) is -3.86. The summed E-state index contributed by atoms with van der Waals surface area (Å²) in [6.07, 6.45) is 1.13. The summed E-state index contributed by atoms with van der Waals surface area (Å²) in [5.74, 6) is 0.642. The van der Waals surface area contributed by atoms with E-state index in [0.717, 1.165) is 16.9 Å². The lowest BCUT2D eigenvalue weighted by Gasteiger charge is -2.09. The Morgan fingerprint density at radius 1 is 1.18 bits per heavy atom. The monoisotopic (exact) mass is 420 g/mol. The van der Waals surface area contributed by atoms with Crippen LogP contribution in [0, 0.1) is 13.8 Å². The van der Waals surface area contributed by atoms with Crippen molar-refractivity contribution in [3.8, 4) is 0 Å². The number of nitrogens with one attached hydrogen (secondary N) is 2. The maximum absolute atomic E-state index is 12.7. The van der Waals surface area contributed by atoms with Crippen LogP contribution in [0.3, 0.4) is 0 Å². The van der Waals surface area contributed by atoms with Crippen molar-refractivity contribution in [2.75, 3.05) is 11.3 Å². The summed E-state index contributed by atoms with van der Waals surface area (Å²) in [6.45, 7) is 4.01. The highest BCUT2D eigenvalue weighted by Gasteiger charge is 2.24. The molecule has 0 saturated heterocycles. The van der Waals surface area contributed by atoms with Gasteiger partial charge in [0.15, 0.2) is 5.82 Å². The van der Waals surface area contributed by atoms with Gasteiger partial charge in [-0.3, -0.25) is 9.52 Å². The Bertz CT molecular complexity index is 1060. The van der Waals surface area contributed by atoms with Gasteiger partial charge < -0.3 is 9.84 Å². The molecule has 8 nitrogen and oxygen atoms in total. The van der Waals surface area contributed by atoms with Gasteiger partial charge in [0, 0.05) is 18.7 Å². The van der Waals surface area contributed by atoms with Crippen molar-refractivity contribution < 1.29 is 17.7 Å². The van der Waals surface area contributed by atoms with Crippen molar-refractivity contribution in [3.05, 3.63) is 57.9 Å². The molecular weight excluding hydrogens is 400 g/mol. The van der Waals surface area contributed by atoms with E-state index in [-0.39, 0.29) is 9.77 Å². The van der Waals surface area contributed by atoms with E-state index < -0.39 is 15.9 Å². The van der Waals surface area contributed by atoms with Gasteiger partial charge in [-0.05, 0) is 43.8 Å². The molecule has 0 fully saturated rings. The number of hydrogen-bond donors (Lipinski definition) is 2. The predicted molar refractivity (Wildman–Crippen MR) is 106 cm³/mol. The lowest BCUT2D eigenvalue weighted by molar-refractivity contribution is 0.0954. The third-order valence-electron chi connectivity index (χ3n) is 3.85. The number of benzene rings is 1. The number of hydrogen-bond acceptors (Lipinski definition) is 7. The molecule has 2 aromatic heterocycles. The van der Waals surface area contributed by atoms with Crippen molar-refractivity contribution in [2.24, 2.45) is 0 Å². The van der Waals surface area contributed by atoms with Gasteiger partial charge in [0.05, 0.1) is 0 Å². The molecule has 1 amide bonds. The molecular formula is C18H20N4O4S2. The number of anilines is 1. The van der Waals surface area contributed by atoms with Crippen LogP contribution >= 0.6 is 11.3 Å². The summed E-state index contributed by atoms with van der Waals surface area (Å²) in [5, 5.41) is 8.02. The molecule has 2 N–H and O–H groups in total. The normalized spacial score (nSPS) is 11.4. The lowest BCUT2D eigenvalue weighted by atomic mass is 10.2. The number of aryl methyl sites for hydroxylation is 3. The summed E-state index contributed by atoms with van der Waals surface area (Å²) < 4.78 is 32.9. The minimum atomic E-state index is -3.86. The van der Waals surface area contributed by atoms with E-state index in [0.29, 0.717) is 36.8 Å². The van der Waals surface area contributed by atoms with Crippen LogP contribution in [0.1, 0.15) is 33.4 Å². The molecule has 0 saturated carbocycles. The Kier molecular flexibility index (Phi) is 6.10. The molecule has 3 rings (SSSR count). The first kappa shape index (κ1) is 20.0. The van der Waals surface area contributed by atoms with Gasteiger partial charge in [-0.2, -0.15) is 4.98 Å². The molecule has 10 heteroatoms. The molecule has 0 spiro atoms. The predicted octanol–water partition coefficient (Wildman–Crippen LogP) is 2.91. The Morgan fingerprint density at radius 2 is 1.93 bits per heavy atom. The molecule has 148 valence electrons. The Labute approximate surface area is 167 Å². The SMILES string of the molecule is Cc1ccc(NS(=O)(=O)c2ccsc2C(=O)NCCCc2nc(C)no2)cc1. The summed E-state index contributed by atoms with van der Waals surface area (Å²) in [6, 6.07) is 8.40. The van der Waals surface area contributed by atoms with Crippen LogP contribution in [0.5, 0.6) is 0 Å². The van der Waals surface area contributed by atoms with Crippen LogP contribution in [0.15, 0.2) is 45.1 Å². The first-order valence-electron chi connectivity index (χ1n) is 8.59. The van der Waals surface area contributed by atoms with Gasteiger partial charge in [0.2, 0.25) is 5.89 Å². The number of amides is 1. The molecule has 28 heavy (non-hydrogen) atoms. The Balaban J connectivity index is 1.61. The second-order valence-electron chi connectivity index (χ2n) is 6.18. The number of nitrogens with zero attached hydrogens (tertiary/aromatic N) is 2. The minimum absolute atomic E-state index is 0.0388. The summed E-state index contributed by atoms with van der Waals surface area (Å²) >= 11 is 1.08. The fraction of sp³-hybridized carbons (Fsp3) is 0.278. The smallest absolute Gasteiger partial charge is 0.263 e. The van der Waals surface area contributed by atoms with Crippen LogP contribution < -0.4 is 10.0 Å². The molecule has 0 radical (unpaired) electrons. The molecule has 0 bridgehead atoms. The second kappa shape index (κ2) is 8.53. The van der Waals surface area contributed by atoms with Crippen LogP contribution in [-0.4, -0.2) is 31.0 Å². The zero-order chi connectivity index (χ0) is 20.1.